The molecular formula is C30H42ClN7O3Si. The molecule has 2 N–H and O–H groups in total. The Kier molecular flexibility index (Phi) is 8.64. The van der Waals surface area contributed by atoms with Crippen LogP contribution >= 0.6 is 11.6 Å². The first-order chi connectivity index (χ1) is 19.8. The summed E-state index contributed by atoms with van der Waals surface area (Å²) in [4.78, 5) is 28.9. The van der Waals surface area contributed by atoms with Crippen molar-refractivity contribution in [3.63, 3.8) is 0 Å². The lowest BCUT2D eigenvalue weighted by Gasteiger charge is -2.37. The van der Waals surface area contributed by atoms with Crippen LogP contribution in [0.2, 0.25) is 23.2 Å². The molecule has 10 nitrogen and oxygen atoms in total. The summed E-state index contributed by atoms with van der Waals surface area (Å²) in [5, 5.41) is 8.19. The standard InChI is InChI=1S/C30H42ClN7O3Si/c1-18-11-13-20(14-12-18)16-38-24-23(21-9-8-10-22(31)15-21)33-26(27-36-29(39)41-37-27)34-25(24)35-28(38)32-19(2)17-40-42(6,7)30(3,4)5/h8-10,15,18-20H,11-14,16-17H2,1-7H3,(H,36,37,39)(H,32,33,34,35)/t18-,19-,20-/m1/s1. The normalized spacial score (nSPS) is 18.9. The van der Waals surface area contributed by atoms with Gasteiger partial charge in [0.05, 0.1) is 6.61 Å². The summed E-state index contributed by atoms with van der Waals surface area (Å²) in [5.74, 6) is 1.68. The van der Waals surface area contributed by atoms with Crippen molar-refractivity contribution < 1.29 is 8.95 Å². The molecule has 226 valence electrons. The number of anilines is 1. The number of hydrogen-bond donors (Lipinski definition) is 2. The summed E-state index contributed by atoms with van der Waals surface area (Å²) in [6.45, 7) is 17.1. The fourth-order valence-electron chi connectivity index (χ4n) is 5.17. The lowest BCUT2D eigenvalue weighted by atomic mass is 9.83. The van der Waals surface area contributed by atoms with Crippen LogP contribution in [0.1, 0.15) is 60.3 Å². The number of nitrogens with one attached hydrogen (secondary N) is 2. The van der Waals surface area contributed by atoms with Gasteiger partial charge in [-0.25, -0.2) is 14.8 Å². The highest BCUT2D eigenvalue weighted by Gasteiger charge is 2.37. The Bertz CT molecular complexity index is 1600. The molecule has 4 aromatic rings. The van der Waals surface area contributed by atoms with E-state index in [0.717, 1.165) is 42.3 Å². The quantitative estimate of drug-likeness (QED) is 0.191. The van der Waals surface area contributed by atoms with Gasteiger partial charge in [-0.2, -0.15) is 4.98 Å². The molecule has 0 saturated heterocycles. The second-order valence-corrected chi connectivity index (χ2v) is 18.6. The summed E-state index contributed by atoms with van der Waals surface area (Å²) in [7, 11) is -1.92. The Balaban J connectivity index is 1.60. The maximum absolute atomic E-state index is 11.7. The van der Waals surface area contributed by atoms with E-state index in [2.05, 4.69) is 67.7 Å². The lowest BCUT2D eigenvalue weighted by Crippen LogP contribution is -2.43. The van der Waals surface area contributed by atoms with Crippen LogP contribution in [0.25, 0.3) is 34.1 Å². The first-order valence-corrected chi connectivity index (χ1v) is 18.1. The molecule has 1 fully saturated rings. The molecule has 5 rings (SSSR count). The van der Waals surface area contributed by atoms with Crippen LogP contribution < -0.4 is 11.1 Å². The zero-order valence-corrected chi connectivity index (χ0v) is 27.4. The minimum absolute atomic E-state index is 0.00927. The molecule has 0 amide bonds. The van der Waals surface area contributed by atoms with Crippen LogP contribution in [0, 0.1) is 11.8 Å². The number of nitrogens with zero attached hydrogens (tertiary/aromatic N) is 5. The Morgan fingerprint density at radius 2 is 1.93 bits per heavy atom. The first-order valence-electron chi connectivity index (χ1n) is 14.8. The van der Waals surface area contributed by atoms with Crippen molar-refractivity contribution in [3.05, 3.63) is 39.8 Å². The summed E-state index contributed by atoms with van der Waals surface area (Å²) in [5.41, 5.74) is 2.80. The molecule has 1 atom stereocenters. The van der Waals surface area contributed by atoms with Gasteiger partial charge in [-0.15, -0.1) is 0 Å². The highest BCUT2D eigenvalue weighted by molar-refractivity contribution is 6.74. The number of benzene rings is 1. The zero-order valence-electron chi connectivity index (χ0n) is 25.6. The predicted octanol–water partition coefficient (Wildman–Crippen LogP) is 7.14. The van der Waals surface area contributed by atoms with E-state index < -0.39 is 14.1 Å². The molecule has 3 heterocycles. The number of aromatic nitrogens is 6. The second kappa shape index (κ2) is 11.9. The molecule has 0 spiro atoms. The minimum Gasteiger partial charge on any atom is -0.415 e. The molecule has 1 aliphatic carbocycles. The number of rotatable bonds is 9. The van der Waals surface area contributed by atoms with Crippen molar-refractivity contribution in [2.45, 2.75) is 91.0 Å². The van der Waals surface area contributed by atoms with Gasteiger partial charge in [0, 0.05) is 23.2 Å². The molecule has 1 aromatic carbocycles. The highest BCUT2D eigenvalue weighted by atomic mass is 35.5. The van der Waals surface area contributed by atoms with E-state index in [1.54, 1.807) is 0 Å². The monoisotopic (exact) mass is 611 g/mol. The van der Waals surface area contributed by atoms with Gasteiger partial charge in [0.2, 0.25) is 17.6 Å². The molecule has 0 aliphatic heterocycles. The number of aromatic amines is 1. The fraction of sp³-hybridized carbons (Fsp3) is 0.567. The maximum atomic E-state index is 11.7. The van der Waals surface area contributed by atoms with Crippen molar-refractivity contribution in [1.82, 2.24) is 29.7 Å². The Morgan fingerprint density at radius 1 is 1.19 bits per heavy atom. The van der Waals surface area contributed by atoms with Gasteiger partial charge >= 0.3 is 5.76 Å². The molecule has 3 aromatic heterocycles. The topological polar surface area (TPSA) is 124 Å². The van der Waals surface area contributed by atoms with Crippen LogP contribution in [0.4, 0.5) is 5.95 Å². The van der Waals surface area contributed by atoms with Crippen LogP contribution in [-0.2, 0) is 11.0 Å². The lowest BCUT2D eigenvalue weighted by molar-refractivity contribution is 0.265. The third-order valence-corrected chi connectivity index (χ3v) is 13.5. The summed E-state index contributed by atoms with van der Waals surface area (Å²) >= 11 is 6.43. The Hall–Kier alpha value is -3.02. The van der Waals surface area contributed by atoms with Gasteiger partial charge < -0.3 is 14.3 Å². The number of hydrogen-bond acceptors (Lipinski definition) is 8. The maximum Gasteiger partial charge on any atom is 0.439 e. The average Bonchev–Trinajstić information content (AvgIpc) is 3.51. The number of halogens is 1. The molecule has 0 bridgehead atoms. The smallest absolute Gasteiger partial charge is 0.415 e. The van der Waals surface area contributed by atoms with Crippen LogP contribution in [-0.4, -0.2) is 50.6 Å². The zero-order chi connectivity index (χ0) is 30.2. The van der Waals surface area contributed by atoms with Crippen molar-refractivity contribution in [1.29, 1.82) is 0 Å². The van der Waals surface area contributed by atoms with E-state index in [1.165, 1.54) is 12.8 Å². The van der Waals surface area contributed by atoms with Crippen LogP contribution in [0.3, 0.4) is 0 Å². The van der Waals surface area contributed by atoms with Crippen LogP contribution in [0.15, 0.2) is 33.6 Å². The van der Waals surface area contributed by atoms with Crippen molar-refractivity contribution >= 4 is 37.0 Å². The van der Waals surface area contributed by atoms with E-state index in [1.807, 2.05) is 24.3 Å². The molecule has 1 saturated carbocycles. The van der Waals surface area contributed by atoms with Gasteiger partial charge in [-0.3, -0.25) is 9.51 Å². The fourth-order valence-corrected chi connectivity index (χ4v) is 6.46. The molecular weight excluding hydrogens is 570 g/mol. The molecule has 12 heteroatoms. The molecule has 42 heavy (non-hydrogen) atoms. The summed E-state index contributed by atoms with van der Waals surface area (Å²) < 4.78 is 13.5. The molecule has 0 radical (unpaired) electrons. The molecule has 0 unspecified atom stereocenters. The van der Waals surface area contributed by atoms with E-state index in [4.69, 9.17) is 35.5 Å². The van der Waals surface area contributed by atoms with Gasteiger partial charge in [-0.05, 0) is 61.9 Å². The van der Waals surface area contributed by atoms with Gasteiger partial charge in [-0.1, -0.05) is 69.4 Å². The Labute approximate surface area is 252 Å². The van der Waals surface area contributed by atoms with Crippen molar-refractivity contribution in [3.8, 4) is 22.9 Å². The van der Waals surface area contributed by atoms with Gasteiger partial charge in [0.1, 0.15) is 11.2 Å². The van der Waals surface area contributed by atoms with E-state index in [9.17, 15) is 4.79 Å². The SMILES string of the molecule is C[C@H](CO[Si](C)(C)C(C)(C)C)Nc1nc2nc(-c3noc(=O)[nH]3)nc(-c3cccc(Cl)c3)c2n1C[C@H]1CC[C@H](C)CC1. The second-order valence-electron chi connectivity index (χ2n) is 13.3. The van der Waals surface area contributed by atoms with E-state index in [-0.39, 0.29) is 22.7 Å². The minimum atomic E-state index is -1.92. The van der Waals surface area contributed by atoms with Crippen LogP contribution in [0.5, 0.6) is 0 Å². The number of H-pyrrole nitrogens is 1. The molecule has 1 aliphatic rings. The van der Waals surface area contributed by atoms with Gasteiger partial charge in [0.15, 0.2) is 14.0 Å². The third kappa shape index (κ3) is 6.63. The largest absolute Gasteiger partial charge is 0.439 e. The highest BCUT2D eigenvalue weighted by Crippen LogP contribution is 2.38. The van der Waals surface area contributed by atoms with Gasteiger partial charge in [0.25, 0.3) is 0 Å². The van der Waals surface area contributed by atoms with Crippen molar-refractivity contribution in [2.24, 2.45) is 11.8 Å². The summed E-state index contributed by atoms with van der Waals surface area (Å²) in [6, 6.07) is 7.57. The summed E-state index contributed by atoms with van der Waals surface area (Å²) in [6.07, 6.45) is 4.77. The van der Waals surface area contributed by atoms with E-state index >= 15 is 0 Å². The van der Waals surface area contributed by atoms with E-state index in [0.29, 0.717) is 28.9 Å². The Morgan fingerprint density at radius 3 is 2.57 bits per heavy atom. The number of imidazole rings is 1. The third-order valence-electron chi connectivity index (χ3n) is 8.81. The van der Waals surface area contributed by atoms with Crippen molar-refractivity contribution in [2.75, 3.05) is 11.9 Å². The predicted molar refractivity (Wildman–Crippen MR) is 169 cm³/mol. The average molecular weight is 612 g/mol. The number of fused-ring (bicyclic) bond motifs is 1. The first kappa shape index (κ1) is 30.4.